The number of fused-ring (bicyclic) bond motifs is 1. The SMILES string of the molecule is COC1(CNC2CCCc3cccnc32)CCOC1. The van der Waals surface area contributed by atoms with Gasteiger partial charge in [0.1, 0.15) is 5.60 Å². The second-order valence-electron chi connectivity index (χ2n) is 5.56. The number of nitrogens with zero attached hydrogens (tertiary/aromatic N) is 1. The molecule has 4 nitrogen and oxygen atoms in total. The van der Waals surface area contributed by atoms with Gasteiger partial charge in [0.15, 0.2) is 0 Å². The molecule has 104 valence electrons. The standard InChI is InChI=1S/C15H22N2O2/c1-18-15(7-9-19-11-15)10-17-13-6-2-4-12-5-3-8-16-14(12)13/h3,5,8,13,17H,2,4,6-7,9-11H2,1H3. The maximum absolute atomic E-state index is 5.67. The van der Waals surface area contributed by atoms with Crippen molar-refractivity contribution in [2.75, 3.05) is 26.9 Å². The van der Waals surface area contributed by atoms with Gasteiger partial charge in [0.25, 0.3) is 0 Å². The number of nitrogens with one attached hydrogen (secondary N) is 1. The minimum absolute atomic E-state index is 0.146. The summed E-state index contributed by atoms with van der Waals surface area (Å²) in [5, 5.41) is 3.64. The fourth-order valence-corrected chi connectivity index (χ4v) is 3.08. The Morgan fingerprint density at radius 3 is 3.32 bits per heavy atom. The van der Waals surface area contributed by atoms with Crippen LogP contribution in [0.2, 0.25) is 0 Å². The van der Waals surface area contributed by atoms with Crippen molar-refractivity contribution in [2.45, 2.75) is 37.3 Å². The molecule has 1 N–H and O–H groups in total. The van der Waals surface area contributed by atoms with Crippen molar-refractivity contribution in [1.82, 2.24) is 10.3 Å². The van der Waals surface area contributed by atoms with Gasteiger partial charge in [0.05, 0.1) is 12.3 Å². The maximum Gasteiger partial charge on any atom is 0.106 e. The van der Waals surface area contributed by atoms with E-state index in [0.717, 1.165) is 32.4 Å². The third-order valence-electron chi connectivity index (χ3n) is 4.37. The van der Waals surface area contributed by atoms with Crippen molar-refractivity contribution in [3.05, 3.63) is 29.6 Å². The van der Waals surface area contributed by atoms with Gasteiger partial charge in [-0.05, 0) is 30.9 Å². The fourth-order valence-electron chi connectivity index (χ4n) is 3.08. The van der Waals surface area contributed by atoms with Crippen molar-refractivity contribution in [1.29, 1.82) is 0 Å². The number of aromatic nitrogens is 1. The van der Waals surface area contributed by atoms with E-state index in [2.05, 4.69) is 16.4 Å². The minimum atomic E-state index is -0.146. The second kappa shape index (κ2) is 5.57. The van der Waals surface area contributed by atoms with Gasteiger partial charge >= 0.3 is 0 Å². The molecule has 2 aliphatic rings. The lowest BCUT2D eigenvalue weighted by Gasteiger charge is -2.31. The number of hydrogen-bond donors (Lipinski definition) is 1. The summed E-state index contributed by atoms with van der Waals surface area (Å²) in [5.41, 5.74) is 2.46. The quantitative estimate of drug-likeness (QED) is 0.899. The Morgan fingerprint density at radius 2 is 2.53 bits per heavy atom. The molecular weight excluding hydrogens is 240 g/mol. The van der Waals surface area contributed by atoms with Crippen LogP contribution in [0.15, 0.2) is 18.3 Å². The molecule has 0 aromatic carbocycles. The van der Waals surface area contributed by atoms with Crippen molar-refractivity contribution in [3.8, 4) is 0 Å². The molecule has 0 spiro atoms. The van der Waals surface area contributed by atoms with Gasteiger partial charge in [-0.1, -0.05) is 6.07 Å². The predicted octanol–water partition coefficient (Wildman–Crippen LogP) is 1.85. The van der Waals surface area contributed by atoms with E-state index < -0.39 is 0 Å². The number of methoxy groups -OCH3 is 1. The van der Waals surface area contributed by atoms with Crippen LogP contribution in [-0.2, 0) is 15.9 Å². The maximum atomic E-state index is 5.67. The molecule has 1 aliphatic heterocycles. The van der Waals surface area contributed by atoms with E-state index >= 15 is 0 Å². The molecule has 1 saturated heterocycles. The number of ether oxygens (including phenoxy) is 2. The number of pyridine rings is 1. The summed E-state index contributed by atoms with van der Waals surface area (Å²) in [4.78, 5) is 4.56. The molecule has 2 unspecified atom stereocenters. The molecule has 0 saturated carbocycles. The Balaban J connectivity index is 1.68. The molecular formula is C15H22N2O2. The van der Waals surface area contributed by atoms with Gasteiger partial charge in [0.2, 0.25) is 0 Å². The Hall–Kier alpha value is -0.970. The summed E-state index contributed by atoms with van der Waals surface area (Å²) in [6.07, 6.45) is 6.40. The van der Waals surface area contributed by atoms with Crippen LogP contribution in [0.3, 0.4) is 0 Å². The van der Waals surface area contributed by atoms with E-state index in [0.29, 0.717) is 12.6 Å². The van der Waals surface area contributed by atoms with Crippen molar-refractivity contribution in [2.24, 2.45) is 0 Å². The highest BCUT2D eigenvalue weighted by molar-refractivity contribution is 5.25. The first-order valence-corrected chi connectivity index (χ1v) is 7.13. The zero-order valence-corrected chi connectivity index (χ0v) is 11.5. The first-order chi connectivity index (χ1) is 9.33. The van der Waals surface area contributed by atoms with Crippen LogP contribution >= 0.6 is 0 Å². The molecule has 2 atom stereocenters. The highest BCUT2D eigenvalue weighted by atomic mass is 16.5. The zero-order valence-electron chi connectivity index (χ0n) is 11.5. The van der Waals surface area contributed by atoms with Crippen molar-refractivity contribution >= 4 is 0 Å². The molecule has 4 heteroatoms. The van der Waals surface area contributed by atoms with Crippen molar-refractivity contribution in [3.63, 3.8) is 0 Å². The number of hydrogen-bond acceptors (Lipinski definition) is 4. The van der Waals surface area contributed by atoms with Crippen LogP contribution in [0.4, 0.5) is 0 Å². The van der Waals surface area contributed by atoms with Crippen molar-refractivity contribution < 1.29 is 9.47 Å². The van der Waals surface area contributed by atoms with Gasteiger partial charge < -0.3 is 14.8 Å². The molecule has 1 aliphatic carbocycles. The van der Waals surface area contributed by atoms with Crippen LogP contribution in [-0.4, -0.2) is 37.5 Å². The van der Waals surface area contributed by atoms with Crippen LogP contribution in [0.5, 0.6) is 0 Å². The third kappa shape index (κ3) is 2.66. The Bertz CT molecular complexity index is 430. The molecule has 1 fully saturated rings. The first-order valence-electron chi connectivity index (χ1n) is 7.13. The second-order valence-corrected chi connectivity index (χ2v) is 5.56. The van der Waals surface area contributed by atoms with E-state index in [9.17, 15) is 0 Å². The Labute approximate surface area is 114 Å². The normalized spacial score (nSPS) is 30.3. The van der Waals surface area contributed by atoms with Crippen LogP contribution in [0.1, 0.15) is 36.6 Å². The fraction of sp³-hybridized carbons (Fsp3) is 0.667. The lowest BCUT2D eigenvalue weighted by Crippen LogP contribution is -2.44. The lowest BCUT2D eigenvalue weighted by atomic mass is 9.91. The van der Waals surface area contributed by atoms with Crippen LogP contribution in [0, 0.1) is 0 Å². The Kier molecular flexibility index (Phi) is 3.82. The zero-order chi connectivity index (χ0) is 13.1. The largest absolute Gasteiger partial charge is 0.378 e. The smallest absolute Gasteiger partial charge is 0.106 e. The van der Waals surface area contributed by atoms with Crippen LogP contribution < -0.4 is 5.32 Å². The summed E-state index contributed by atoms with van der Waals surface area (Å²) in [7, 11) is 1.78. The molecule has 1 aromatic heterocycles. The van der Waals surface area contributed by atoms with Gasteiger partial charge in [-0.3, -0.25) is 4.98 Å². The molecule has 2 heterocycles. The number of aryl methyl sites for hydroxylation is 1. The molecule has 19 heavy (non-hydrogen) atoms. The lowest BCUT2D eigenvalue weighted by molar-refractivity contribution is -0.0179. The summed E-state index contributed by atoms with van der Waals surface area (Å²) < 4.78 is 11.1. The molecule has 0 bridgehead atoms. The highest BCUT2D eigenvalue weighted by Crippen LogP contribution is 2.29. The monoisotopic (exact) mass is 262 g/mol. The molecule has 1 aromatic rings. The van der Waals surface area contributed by atoms with Gasteiger partial charge in [0, 0.05) is 38.9 Å². The summed E-state index contributed by atoms with van der Waals surface area (Å²) >= 11 is 0. The third-order valence-corrected chi connectivity index (χ3v) is 4.37. The predicted molar refractivity (Wildman–Crippen MR) is 73.1 cm³/mol. The molecule has 0 amide bonds. The first kappa shape index (κ1) is 13.0. The van der Waals surface area contributed by atoms with Crippen LogP contribution in [0.25, 0.3) is 0 Å². The Morgan fingerprint density at radius 1 is 1.58 bits per heavy atom. The van der Waals surface area contributed by atoms with E-state index in [1.165, 1.54) is 17.7 Å². The summed E-state index contributed by atoms with van der Waals surface area (Å²) in [6, 6.07) is 4.58. The van der Waals surface area contributed by atoms with E-state index in [1.807, 2.05) is 12.3 Å². The summed E-state index contributed by atoms with van der Waals surface area (Å²) in [6.45, 7) is 2.33. The summed E-state index contributed by atoms with van der Waals surface area (Å²) in [5.74, 6) is 0. The molecule has 3 rings (SSSR count). The van der Waals surface area contributed by atoms with Gasteiger partial charge in [-0.2, -0.15) is 0 Å². The average Bonchev–Trinajstić information content (AvgIpc) is 2.94. The average molecular weight is 262 g/mol. The van der Waals surface area contributed by atoms with Gasteiger partial charge in [-0.25, -0.2) is 0 Å². The van der Waals surface area contributed by atoms with E-state index in [4.69, 9.17) is 9.47 Å². The molecule has 0 radical (unpaired) electrons. The van der Waals surface area contributed by atoms with E-state index in [1.54, 1.807) is 7.11 Å². The van der Waals surface area contributed by atoms with E-state index in [-0.39, 0.29) is 5.60 Å². The van der Waals surface area contributed by atoms with Gasteiger partial charge in [-0.15, -0.1) is 0 Å². The number of rotatable bonds is 4. The topological polar surface area (TPSA) is 43.4 Å². The minimum Gasteiger partial charge on any atom is -0.378 e. The highest BCUT2D eigenvalue weighted by Gasteiger charge is 2.35.